The van der Waals surface area contributed by atoms with Gasteiger partial charge in [-0.15, -0.1) is 24.8 Å². The summed E-state index contributed by atoms with van der Waals surface area (Å²) in [6.07, 6.45) is 1.48. The van der Waals surface area contributed by atoms with Crippen LogP contribution in [0.4, 0.5) is 0 Å². The summed E-state index contributed by atoms with van der Waals surface area (Å²) in [7, 11) is 11.5. The first-order chi connectivity index (χ1) is 5.31. The summed E-state index contributed by atoms with van der Waals surface area (Å²) in [5, 5.41) is 4.07. The van der Waals surface area contributed by atoms with Crippen LogP contribution >= 0.6 is 52.1 Å². The third-order valence-electron chi connectivity index (χ3n) is 0.820. The predicted octanol–water partition coefficient (Wildman–Crippen LogP) is 3.13. The van der Waals surface area contributed by atoms with Crippen molar-refractivity contribution in [3.63, 3.8) is 0 Å². The van der Waals surface area contributed by atoms with Crippen LogP contribution in [0, 0.1) is 0 Å². The molecule has 0 N–H and O–H groups in total. The monoisotopic (exact) mass is 295 g/mol. The lowest BCUT2D eigenvalue weighted by Crippen LogP contribution is -1.83. The van der Waals surface area contributed by atoms with E-state index in [4.69, 9.17) is 15.6 Å². The average Bonchev–Trinajstić information content (AvgIpc) is 2.43. The molecular formula is C6H9B3BrCl2S. The van der Waals surface area contributed by atoms with Crippen LogP contribution in [-0.2, 0) is 0 Å². The van der Waals surface area contributed by atoms with Crippen molar-refractivity contribution in [3.8, 4) is 0 Å². The van der Waals surface area contributed by atoms with E-state index in [1.165, 1.54) is 4.47 Å². The molecule has 1 heterocycles. The van der Waals surface area contributed by atoms with Crippen LogP contribution < -0.4 is 0 Å². The normalized spacial score (nSPS) is 6.85. The number of hydrogen-bond acceptors (Lipinski definition) is 1. The Morgan fingerprint density at radius 2 is 2.08 bits per heavy atom. The van der Waals surface area contributed by atoms with E-state index in [1.54, 1.807) is 18.5 Å². The van der Waals surface area contributed by atoms with E-state index < -0.39 is 0 Å². The van der Waals surface area contributed by atoms with Gasteiger partial charge in [-0.25, -0.2) is 0 Å². The Labute approximate surface area is 108 Å². The van der Waals surface area contributed by atoms with E-state index >= 15 is 0 Å². The fraction of sp³-hybridized carbons (Fsp3) is 0.333. The first-order valence-corrected chi connectivity index (χ1v) is 4.96. The van der Waals surface area contributed by atoms with Gasteiger partial charge in [-0.1, -0.05) is 12.6 Å². The predicted molar refractivity (Wildman–Crippen MR) is 73.4 cm³/mol. The van der Waals surface area contributed by atoms with E-state index in [9.17, 15) is 0 Å². The van der Waals surface area contributed by atoms with Gasteiger partial charge in [-0.05, 0) is 27.4 Å². The standard InChI is InChI=1S/C4H3BrS.C2H4B3.2ClH/c5-4-1-2-6-3-4;3-1-2-5-4;;/h1-3H;1-2H2;2*1H. The second kappa shape index (κ2) is 15.4. The molecule has 1 aromatic rings. The summed E-state index contributed by atoms with van der Waals surface area (Å²) < 4.78 is 1.17. The van der Waals surface area contributed by atoms with E-state index in [0.717, 1.165) is 6.32 Å². The maximum atomic E-state index is 5.03. The molecule has 0 aliphatic heterocycles. The highest BCUT2D eigenvalue weighted by atomic mass is 79.9. The number of hydrogen-bond donors (Lipinski definition) is 0. The zero-order chi connectivity index (χ0) is 8.53. The highest BCUT2D eigenvalue weighted by molar-refractivity contribution is 9.10. The van der Waals surface area contributed by atoms with E-state index in [-0.39, 0.29) is 24.8 Å². The number of rotatable bonds is 2. The molecule has 0 atom stereocenters. The van der Waals surface area contributed by atoms with Crippen LogP contribution in [0.5, 0.6) is 0 Å². The third-order valence-corrected chi connectivity index (χ3v) is 2.30. The number of halogens is 3. The molecule has 0 aromatic carbocycles. The first-order valence-electron chi connectivity index (χ1n) is 3.22. The second-order valence-electron chi connectivity index (χ2n) is 1.75. The molecular weight excluding hydrogens is 287 g/mol. The largest absolute Gasteiger partial charge is 0.151 e. The highest BCUT2D eigenvalue weighted by Crippen LogP contribution is 2.11. The summed E-state index contributed by atoms with van der Waals surface area (Å²) in [5.74, 6) is 0. The van der Waals surface area contributed by atoms with Gasteiger partial charge < -0.3 is 0 Å². The van der Waals surface area contributed by atoms with Gasteiger partial charge in [0.15, 0.2) is 0 Å². The number of thiophene rings is 1. The molecule has 0 amide bonds. The van der Waals surface area contributed by atoms with Gasteiger partial charge >= 0.3 is 0 Å². The lowest BCUT2D eigenvalue weighted by molar-refractivity contribution is 1.45. The molecule has 0 saturated carbocycles. The molecule has 0 bridgehead atoms. The molecule has 0 fully saturated rings. The molecule has 1 aromatic heterocycles. The van der Waals surface area contributed by atoms with Gasteiger partial charge in [0.05, 0.1) is 15.0 Å². The van der Waals surface area contributed by atoms with Crippen molar-refractivity contribution in [2.24, 2.45) is 0 Å². The topological polar surface area (TPSA) is 0 Å². The van der Waals surface area contributed by atoms with Crippen LogP contribution in [0.25, 0.3) is 0 Å². The Bertz CT molecular complexity index is 161. The summed E-state index contributed by atoms with van der Waals surface area (Å²) in [4.78, 5) is 0. The minimum atomic E-state index is 0. The van der Waals surface area contributed by atoms with Gasteiger partial charge in [-0.3, -0.25) is 0 Å². The summed E-state index contributed by atoms with van der Waals surface area (Å²) in [5.41, 5.74) is 0. The molecule has 0 unspecified atom stereocenters. The molecule has 0 aliphatic rings. The average molecular weight is 296 g/mol. The zero-order valence-corrected chi connectivity index (χ0v) is 11.0. The lowest BCUT2D eigenvalue weighted by atomic mass is 9.52. The molecule has 0 saturated heterocycles. The van der Waals surface area contributed by atoms with Crippen molar-refractivity contribution in [1.29, 1.82) is 0 Å². The summed E-state index contributed by atoms with van der Waals surface area (Å²) in [6.45, 7) is 0. The van der Waals surface area contributed by atoms with Gasteiger partial charge in [0, 0.05) is 17.6 Å². The SMILES string of the molecule is Brc1ccsc1.Cl.Cl.[B][B]CC[B]. The molecule has 0 spiro atoms. The first kappa shape index (κ1) is 19.5. The van der Waals surface area contributed by atoms with E-state index in [1.807, 2.05) is 16.8 Å². The minimum Gasteiger partial charge on any atom is -0.151 e. The van der Waals surface area contributed by atoms with Crippen molar-refractivity contribution in [3.05, 3.63) is 21.3 Å². The van der Waals surface area contributed by atoms with Gasteiger partial charge in [0.25, 0.3) is 0 Å². The van der Waals surface area contributed by atoms with Crippen molar-refractivity contribution >= 4 is 74.8 Å². The van der Waals surface area contributed by atoms with Crippen LogP contribution in [0.3, 0.4) is 0 Å². The van der Waals surface area contributed by atoms with Crippen molar-refractivity contribution in [2.45, 2.75) is 12.6 Å². The third kappa shape index (κ3) is 15.7. The van der Waals surface area contributed by atoms with Crippen LogP contribution in [0.2, 0.25) is 12.6 Å². The van der Waals surface area contributed by atoms with Crippen molar-refractivity contribution < 1.29 is 0 Å². The molecule has 0 nitrogen and oxygen atoms in total. The van der Waals surface area contributed by atoms with Gasteiger partial charge in [-0.2, -0.15) is 11.3 Å². The molecule has 0 aliphatic carbocycles. The van der Waals surface area contributed by atoms with Gasteiger partial charge in [0.1, 0.15) is 0 Å². The molecule has 13 heavy (non-hydrogen) atoms. The fourth-order valence-corrected chi connectivity index (χ4v) is 1.49. The quantitative estimate of drug-likeness (QED) is 0.736. The smallest absolute Gasteiger partial charge is 0.0643 e. The summed E-state index contributed by atoms with van der Waals surface area (Å²) >= 11 is 4.98. The van der Waals surface area contributed by atoms with E-state index in [0.29, 0.717) is 6.32 Å². The highest BCUT2D eigenvalue weighted by Gasteiger charge is 1.77. The molecule has 5 radical (unpaired) electrons. The molecule has 69 valence electrons. The van der Waals surface area contributed by atoms with Crippen molar-refractivity contribution in [1.82, 2.24) is 0 Å². The van der Waals surface area contributed by atoms with Crippen LogP contribution in [0.1, 0.15) is 0 Å². The van der Waals surface area contributed by atoms with Gasteiger partial charge in [0.2, 0.25) is 0 Å². The molecule has 7 heteroatoms. The summed E-state index contributed by atoms with van der Waals surface area (Å²) in [6, 6.07) is 2.02. The lowest BCUT2D eigenvalue weighted by Gasteiger charge is -1.77. The second-order valence-corrected chi connectivity index (χ2v) is 3.45. The van der Waals surface area contributed by atoms with Crippen LogP contribution in [0.15, 0.2) is 21.3 Å². The molecule has 1 rings (SSSR count). The Balaban J connectivity index is -0.000000136. The Morgan fingerprint density at radius 1 is 1.46 bits per heavy atom. The zero-order valence-electron chi connectivity index (χ0n) is 6.98. The van der Waals surface area contributed by atoms with Crippen LogP contribution in [-0.4, -0.2) is 22.8 Å². The maximum Gasteiger partial charge on any atom is 0.0643 e. The Morgan fingerprint density at radius 3 is 2.15 bits per heavy atom. The fourth-order valence-electron chi connectivity index (χ4n) is 0.344. The van der Waals surface area contributed by atoms with E-state index in [2.05, 4.69) is 15.9 Å². The van der Waals surface area contributed by atoms with Crippen molar-refractivity contribution in [2.75, 3.05) is 0 Å². The minimum absolute atomic E-state index is 0. The Hall–Kier alpha value is 0.955. The Kier molecular flexibility index (Phi) is 23.2. The maximum absolute atomic E-state index is 5.03.